The highest BCUT2D eigenvalue weighted by Gasteiger charge is 2.15. The van der Waals surface area contributed by atoms with Crippen molar-refractivity contribution >= 4 is 5.91 Å². The van der Waals surface area contributed by atoms with Crippen molar-refractivity contribution in [2.45, 2.75) is 13.8 Å². The highest BCUT2D eigenvalue weighted by molar-refractivity contribution is 6.00. The number of hydrogen-bond donors (Lipinski definition) is 1. The normalized spacial score (nSPS) is 10.3. The number of nitrogens with two attached hydrogens (primary N) is 1. The molecule has 5 heteroatoms. The predicted molar refractivity (Wildman–Crippen MR) is 72.0 cm³/mol. The molecule has 0 bridgehead atoms. The van der Waals surface area contributed by atoms with Crippen LogP contribution in [0.25, 0.3) is 11.1 Å². The van der Waals surface area contributed by atoms with Gasteiger partial charge >= 0.3 is 0 Å². The van der Waals surface area contributed by atoms with Gasteiger partial charge in [-0.1, -0.05) is 0 Å². The number of carbonyl (C=O) groups excluding carboxylic acids is 1. The van der Waals surface area contributed by atoms with E-state index in [2.05, 4.69) is 9.97 Å². The minimum Gasteiger partial charge on any atom is -0.494 e. The molecule has 2 aromatic rings. The van der Waals surface area contributed by atoms with Crippen molar-refractivity contribution in [2.75, 3.05) is 7.11 Å². The van der Waals surface area contributed by atoms with E-state index in [1.54, 1.807) is 13.3 Å². The van der Waals surface area contributed by atoms with Gasteiger partial charge in [0.25, 0.3) is 5.91 Å². The fourth-order valence-electron chi connectivity index (χ4n) is 1.90. The third-order valence-corrected chi connectivity index (χ3v) is 2.82. The standard InChI is InChI=1S/C14H15N3O2/c1-8-4-10(12(6-16-8)14(15)18)11-5-9(2)17-7-13(11)19-3/h4-7H,1-3H3,(H2,15,18). The first-order valence-electron chi connectivity index (χ1n) is 5.80. The molecule has 5 nitrogen and oxygen atoms in total. The van der Waals surface area contributed by atoms with Crippen molar-refractivity contribution < 1.29 is 9.53 Å². The third kappa shape index (κ3) is 2.54. The highest BCUT2D eigenvalue weighted by Crippen LogP contribution is 2.32. The van der Waals surface area contributed by atoms with Gasteiger partial charge in [0, 0.05) is 28.7 Å². The van der Waals surface area contributed by atoms with Crippen LogP contribution in [0.2, 0.25) is 0 Å². The van der Waals surface area contributed by atoms with Crippen LogP contribution in [0.15, 0.2) is 24.5 Å². The molecule has 98 valence electrons. The van der Waals surface area contributed by atoms with Crippen LogP contribution in [0, 0.1) is 13.8 Å². The number of ether oxygens (including phenoxy) is 1. The number of pyridine rings is 2. The molecule has 0 aromatic carbocycles. The van der Waals surface area contributed by atoms with Crippen LogP contribution in [0.1, 0.15) is 21.7 Å². The molecule has 2 aromatic heterocycles. The average molecular weight is 257 g/mol. The maximum Gasteiger partial charge on any atom is 0.250 e. The van der Waals surface area contributed by atoms with Gasteiger partial charge in [0.1, 0.15) is 5.75 Å². The summed E-state index contributed by atoms with van der Waals surface area (Å²) in [5.74, 6) is 0.0812. The summed E-state index contributed by atoms with van der Waals surface area (Å²) in [6, 6.07) is 3.68. The second-order valence-electron chi connectivity index (χ2n) is 4.26. The number of rotatable bonds is 3. The van der Waals surface area contributed by atoms with E-state index < -0.39 is 5.91 Å². The van der Waals surface area contributed by atoms with Gasteiger partial charge in [-0.05, 0) is 26.0 Å². The zero-order valence-electron chi connectivity index (χ0n) is 11.1. The fraction of sp³-hybridized carbons (Fsp3) is 0.214. The molecule has 0 fully saturated rings. The van der Waals surface area contributed by atoms with E-state index in [1.165, 1.54) is 6.20 Å². The molecule has 2 rings (SSSR count). The maximum atomic E-state index is 11.5. The minimum absolute atomic E-state index is 0.370. The van der Waals surface area contributed by atoms with Gasteiger partial charge in [0.05, 0.1) is 18.9 Å². The summed E-state index contributed by atoms with van der Waals surface area (Å²) >= 11 is 0. The van der Waals surface area contributed by atoms with Crippen molar-refractivity contribution in [3.05, 3.63) is 41.5 Å². The van der Waals surface area contributed by atoms with E-state index in [4.69, 9.17) is 10.5 Å². The lowest BCUT2D eigenvalue weighted by molar-refractivity contribution is 0.100. The summed E-state index contributed by atoms with van der Waals surface area (Å²) in [6.07, 6.45) is 3.12. The number of primary amides is 1. The van der Waals surface area contributed by atoms with Gasteiger partial charge in [0.2, 0.25) is 0 Å². The molecule has 0 aliphatic carbocycles. The van der Waals surface area contributed by atoms with Crippen molar-refractivity contribution in [1.29, 1.82) is 0 Å². The van der Waals surface area contributed by atoms with Crippen LogP contribution in [0.5, 0.6) is 5.75 Å². The molecular weight excluding hydrogens is 242 g/mol. The van der Waals surface area contributed by atoms with Gasteiger partial charge in [-0.15, -0.1) is 0 Å². The number of methoxy groups -OCH3 is 1. The predicted octanol–water partition coefficient (Wildman–Crippen LogP) is 1.87. The highest BCUT2D eigenvalue weighted by atomic mass is 16.5. The first-order chi connectivity index (χ1) is 9.02. The summed E-state index contributed by atoms with van der Waals surface area (Å²) < 4.78 is 5.29. The van der Waals surface area contributed by atoms with Crippen LogP contribution in [-0.2, 0) is 0 Å². The summed E-state index contributed by atoms with van der Waals surface area (Å²) in [6.45, 7) is 3.73. The van der Waals surface area contributed by atoms with Crippen LogP contribution in [0.3, 0.4) is 0 Å². The lowest BCUT2D eigenvalue weighted by Crippen LogP contribution is -2.13. The number of nitrogens with zero attached hydrogens (tertiary/aromatic N) is 2. The van der Waals surface area contributed by atoms with E-state index in [1.807, 2.05) is 26.0 Å². The Bertz CT molecular complexity index is 639. The molecule has 0 spiro atoms. The lowest BCUT2D eigenvalue weighted by Gasteiger charge is -2.12. The van der Waals surface area contributed by atoms with Crippen molar-refractivity contribution in [3.63, 3.8) is 0 Å². The molecule has 19 heavy (non-hydrogen) atoms. The zero-order valence-corrected chi connectivity index (χ0v) is 11.1. The van der Waals surface area contributed by atoms with Gasteiger partial charge in [-0.3, -0.25) is 14.8 Å². The Balaban J connectivity index is 2.73. The molecule has 2 heterocycles. The molecule has 0 radical (unpaired) electrons. The molecule has 0 saturated heterocycles. The molecule has 1 amide bonds. The van der Waals surface area contributed by atoms with Crippen molar-refractivity contribution in [2.24, 2.45) is 5.73 Å². The second-order valence-corrected chi connectivity index (χ2v) is 4.26. The SMILES string of the molecule is COc1cnc(C)cc1-c1cc(C)ncc1C(N)=O. The Labute approximate surface area is 111 Å². The average Bonchev–Trinajstić information content (AvgIpc) is 2.38. The molecule has 0 aliphatic rings. The molecule has 0 atom stereocenters. The van der Waals surface area contributed by atoms with E-state index in [-0.39, 0.29) is 0 Å². The second kappa shape index (κ2) is 5.06. The fourth-order valence-corrected chi connectivity index (χ4v) is 1.90. The van der Waals surface area contributed by atoms with Gasteiger partial charge in [-0.2, -0.15) is 0 Å². The Hall–Kier alpha value is -2.43. The van der Waals surface area contributed by atoms with E-state index in [0.717, 1.165) is 17.0 Å². The molecular formula is C14H15N3O2. The van der Waals surface area contributed by atoms with E-state index >= 15 is 0 Å². The monoisotopic (exact) mass is 257 g/mol. The van der Waals surface area contributed by atoms with Crippen LogP contribution in [0.4, 0.5) is 0 Å². The molecule has 0 saturated carbocycles. The largest absolute Gasteiger partial charge is 0.494 e. The summed E-state index contributed by atoms with van der Waals surface area (Å²) in [5.41, 5.74) is 8.90. The summed E-state index contributed by atoms with van der Waals surface area (Å²) in [4.78, 5) is 19.8. The number of amides is 1. The van der Waals surface area contributed by atoms with Crippen molar-refractivity contribution in [3.8, 4) is 16.9 Å². The number of aromatic nitrogens is 2. The van der Waals surface area contributed by atoms with Gasteiger partial charge < -0.3 is 10.5 Å². The first kappa shape index (κ1) is 13.0. The maximum absolute atomic E-state index is 11.5. The zero-order chi connectivity index (χ0) is 14.0. The summed E-state index contributed by atoms with van der Waals surface area (Å²) in [5, 5.41) is 0. The Morgan fingerprint density at radius 1 is 1.11 bits per heavy atom. The van der Waals surface area contributed by atoms with Crippen molar-refractivity contribution in [1.82, 2.24) is 9.97 Å². The molecule has 2 N–H and O–H groups in total. The lowest BCUT2D eigenvalue weighted by atomic mass is 10.00. The Morgan fingerprint density at radius 3 is 2.26 bits per heavy atom. The first-order valence-corrected chi connectivity index (χ1v) is 5.80. The van der Waals surface area contributed by atoms with E-state index in [0.29, 0.717) is 16.9 Å². The molecule has 0 unspecified atom stereocenters. The topological polar surface area (TPSA) is 78.1 Å². The Morgan fingerprint density at radius 2 is 1.68 bits per heavy atom. The third-order valence-electron chi connectivity index (χ3n) is 2.82. The number of carbonyl (C=O) groups is 1. The van der Waals surface area contributed by atoms with Crippen LogP contribution < -0.4 is 10.5 Å². The quantitative estimate of drug-likeness (QED) is 0.910. The van der Waals surface area contributed by atoms with Crippen LogP contribution in [-0.4, -0.2) is 23.0 Å². The van der Waals surface area contributed by atoms with Crippen LogP contribution >= 0.6 is 0 Å². The molecule has 0 aliphatic heterocycles. The number of hydrogen-bond acceptors (Lipinski definition) is 4. The smallest absolute Gasteiger partial charge is 0.250 e. The van der Waals surface area contributed by atoms with Gasteiger partial charge in [0.15, 0.2) is 0 Å². The minimum atomic E-state index is -0.515. The van der Waals surface area contributed by atoms with E-state index in [9.17, 15) is 4.79 Å². The Kier molecular flexibility index (Phi) is 3.46. The number of aryl methyl sites for hydroxylation is 2. The summed E-state index contributed by atoms with van der Waals surface area (Å²) in [7, 11) is 1.56. The van der Waals surface area contributed by atoms with Gasteiger partial charge in [-0.25, -0.2) is 0 Å².